The fourth-order valence-electron chi connectivity index (χ4n) is 1.78. The predicted octanol–water partition coefficient (Wildman–Crippen LogP) is 2.85. The molecule has 0 aromatic heterocycles. The number of hydrogen-bond donors (Lipinski definition) is 0. The molecule has 1 atom stereocenters. The Balaban J connectivity index is 2.77. The summed E-state index contributed by atoms with van der Waals surface area (Å²) in [5.74, 6) is 0.258. The molecule has 0 N–H and O–H groups in total. The summed E-state index contributed by atoms with van der Waals surface area (Å²) >= 11 is 0. The highest BCUT2D eigenvalue weighted by Gasteiger charge is 2.15. The molecule has 78 valence electrons. The molecule has 2 heteroatoms. The second-order valence-corrected chi connectivity index (χ2v) is 3.72. The maximum Gasteiger partial charge on any atom is 0.331 e. The van der Waals surface area contributed by atoms with E-state index < -0.39 is 0 Å². The summed E-state index contributed by atoms with van der Waals surface area (Å²) in [6.07, 6.45) is 6.07. The van der Waals surface area contributed by atoms with Crippen LogP contribution in [0, 0.1) is 5.92 Å². The zero-order valence-electron chi connectivity index (χ0n) is 9.17. The van der Waals surface area contributed by atoms with Crippen molar-refractivity contribution in [2.24, 2.45) is 5.92 Å². The maximum absolute atomic E-state index is 11.3. The summed E-state index contributed by atoms with van der Waals surface area (Å²) in [6, 6.07) is 0. The van der Waals surface area contributed by atoms with Gasteiger partial charge in [0.25, 0.3) is 0 Å². The van der Waals surface area contributed by atoms with Crippen LogP contribution >= 0.6 is 0 Å². The summed E-state index contributed by atoms with van der Waals surface area (Å²) in [5, 5.41) is 0. The molecular weight excluding hydrogens is 176 g/mol. The standard InChI is InChI=1S/C12H18O2/c1-4-14-12(13)8-11-9(2)6-5-7-10(11)3/h6,8,10H,4-5,7H2,1-3H3/b11-8+. The lowest BCUT2D eigenvalue weighted by Gasteiger charge is -2.20. The van der Waals surface area contributed by atoms with E-state index in [4.69, 9.17) is 4.74 Å². The molecule has 0 amide bonds. The minimum Gasteiger partial charge on any atom is -0.463 e. The minimum atomic E-state index is -0.219. The van der Waals surface area contributed by atoms with Crippen molar-refractivity contribution in [2.45, 2.75) is 33.6 Å². The molecule has 0 aromatic carbocycles. The van der Waals surface area contributed by atoms with Crippen LogP contribution in [0.5, 0.6) is 0 Å². The minimum absolute atomic E-state index is 0.219. The molecule has 0 saturated carbocycles. The number of allylic oxidation sites excluding steroid dienone is 3. The number of ether oxygens (including phenoxy) is 1. The van der Waals surface area contributed by atoms with Crippen LogP contribution in [0.2, 0.25) is 0 Å². The van der Waals surface area contributed by atoms with Crippen molar-refractivity contribution in [2.75, 3.05) is 6.61 Å². The third-order valence-electron chi connectivity index (χ3n) is 2.60. The van der Waals surface area contributed by atoms with E-state index in [1.807, 2.05) is 6.92 Å². The van der Waals surface area contributed by atoms with Crippen molar-refractivity contribution in [1.82, 2.24) is 0 Å². The van der Waals surface area contributed by atoms with Gasteiger partial charge in [0.15, 0.2) is 0 Å². The van der Waals surface area contributed by atoms with Crippen molar-refractivity contribution in [3.05, 3.63) is 23.3 Å². The Labute approximate surface area is 85.6 Å². The average Bonchev–Trinajstić information content (AvgIpc) is 2.12. The monoisotopic (exact) mass is 194 g/mol. The van der Waals surface area contributed by atoms with Gasteiger partial charge in [-0.15, -0.1) is 0 Å². The topological polar surface area (TPSA) is 26.3 Å². The van der Waals surface area contributed by atoms with Gasteiger partial charge in [-0.1, -0.05) is 18.6 Å². The summed E-state index contributed by atoms with van der Waals surface area (Å²) in [4.78, 5) is 11.3. The lowest BCUT2D eigenvalue weighted by atomic mass is 9.85. The smallest absolute Gasteiger partial charge is 0.331 e. The first-order valence-corrected chi connectivity index (χ1v) is 5.20. The Bertz CT molecular complexity index is 274. The fourth-order valence-corrected chi connectivity index (χ4v) is 1.78. The van der Waals surface area contributed by atoms with E-state index in [2.05, 4.69) is 19.9 Å². The number of carbonyl (C=O) groups is 1. The van der Waals surface area contributed by atoms with Crippen LogP contribution in [0.1, 0.15) is 33.6 Å². The molecule has 0 aromatic rings. The van der Waals surface area contributed by atoms with E-state index in [0.717, 1.165) is 18.4 Å². The highest BCUT2D eigenvalue weighted by molar-refractivity contribution is 5.83. The van der Waals surface area contributed by atoms with Crippen LogP contribution in [0.25, 0.3) is 0 Å². The van der Waals surface area contributed by atoms with Gasteiger partial charge in [-0.3, -0.25) is 0 Å². The molecule has 0 saturated heterocycles. The first-order chi connectivity index (χ1) is 6.65. The molecule has 1 unspecified atom stereocenters. The predicted molar refractivity (Wildman–Crippen MR) is 56.9 cm³/mol. The SMILES string of the molecule is CCOC(=O)/C=C1\C(C)=CCCC1C. The highest BCUT2D eigenvalue weighted by Crippen LogP contribution is 2.29. The summed E-state index contributed by atoms with van der Waals surface area (Å²) in [6.45, 7) is 6.48. The molecular formula is C12H18O2. The van der Waals surface area contributed by atoms with Gasteiger partial charge in [0.05, 0.1) is 6.61 Å². The van der Waals surface area contributed by atoms with Crippen molar-refractivity contribution < 1.29 is 9.53 Å². The third kappa shape index (κ3) is 2.72. The first kappa shape index (κ1) is 11.0. The van der Waals surface area contributed by atoms with E-state index in [0.29, 0.717) is 12.5 Å². The Hall–Kier alpha value is -1.05. The Morgan fingerprint density at radius 3 is 3.00 bits per heavy atom. The van der Waals surface area contributed by atoms with Crippen molar-refractivity contribution in [3.8, 4) is 0 Å². The number of rotatable bonds is 2. The van der Waals surface area contributed by atoms with Gasteiger partial charge in [-0.2, -0.15) is 0 Å². The molecule has 1 aliphatic carbocycles. The van der Waals surface area contributed by atoms with Crippen LogP contribution < -0.4 is 0 Å². The van der Waals surface area contributed by atoms with Gasteiger partial charge in [0, 0.05) is 6.08 Å². The first-order valence-electron chi connectivity index (χ1n) is 5.20. The zero-order chi connectivity index (χ0) is 10.6. The summed E-state index contributed by atoms with van der Waals surface area (Å²) in [5.41, 5.74) is 2.35. The molecule has 0 spiro atoms. The van der Waals surface area contributed by atoms with Gasteiger partial charge < -0.3 is 4.74 Å². The molecule has 0 bridgehead atoms. The maximum atomic E-state index is 11.3. The number of carbonyl (C=O) groups excluding carboxylic acids is 1. The molecule has 2 nitrogen and oxygen atoms in total. The molecule has 0 aliphatic heterocycles. The lowest BCUT2D eigenvalue weighted by Crippen LogP contribution is -2.09. The molecule has 14 heavy (non-hydrogen) atoms. The lowest BCUT2D eigenvalue weighted by molar-refractivity contribution is -0.137. The second-order valence-electron chi connectivity index (χ2n) is 3.72. The van der Waals surface area contributed by atoms with E-state index >= 15 is 0 Å². The van der Waals surface area contributed by atoms with Crippen LogP contribution in [0.3, 0.4) is 0 Å². The third-order valence-corrected chi connectivity index (χ3v) is 2.60. The zero-order valence-corrected chi connectivity index (χ0v) is 9.17. The Morgan fingerprint density at radius 2 is 2.43 bits per heavy atom. The number of esters is 1. The van der Waals surface area contributed by atoms with Crippen molar-refractivity contribution in [1.29, 1.82) is 0 Å². The van der Waals surface area contributed by atoms with Crippen LogP contribution in [-0.4, -0.2) is 12.6 Å². The van der Waals surface area contributed by atoms with E-state index in [1.54, 1.807) is 6.08 Å². The van der Waals surface area contributed by atoms with E-state index in [1.165, 1.54) is 5.57 Å². The van der Waals surface area contributed by atoms with Crippen molar-refractivity contribution >= 4 is 5.97 Å². The van der Waals surface area contributed by atoms with Crippen LogP contribution in [0.15, 0.2) is 23.3 Å². The van der Waals surface area contributed by atoms with E-state index in [-0.39, 0.29) is 5.97 Å². The van der Waals surface area contributed by atoms with Gasteiger partial charge in [-0.25, -0.2) is 4.79 Å². The Morgan fingerprint density at radius 1 is 1.71 bits per heavy atom. The van der Waals surface area contributed by atoms with Gasteiger partial charge >= 0.3 is 5.97 Å². The Kier molecular flexibility index (Phi) is 3.93. The van der Waals surface area contributed by atoms with Gasteiger partial charge in [0.2, 0.25) is 0 Å². The van der Waals surface area contributed by atoms with Gasteiger partial charge in [0.1, 0.15) is 0 Å². The second kappa shape index (κ2) is 4.99. The normalized spacial score (nSPS) is 24.6. The summed E-state index contributed by atoms with van der Waals surface area (Å²) in [7, 11) is 0. The molecule has 0 heterocycles. The molecule has 1 aliphatic rings. The van der Waals surface area contributed by atoms with E-state index in [9.17, 15) is 4.79 Å². The van der Waals surface area contributed by atoms with Crippen LogP contribution in [-0.2, 0) is 9.53 Å². The van der Waals surface area contributed by atoms with Crippen molar-refractivity contribution in [3.63, 3.8) is 0 Å². The van der Waals surface area contributed by atoms with Gasteiger partial charge in [-0.05, 0) is 38.2 Å². The highest BCUT2D eigenvalue weighted by atomic mass is 16.5. The molecule has 1 rings (SSSR count). The fraction of sp³-hybridized carbons (Fsp3) is 0.583. The quantitative estimate of drug-likeness (QED) is 0.499. The number of hydrogen-bond acceptors (Lipinski definition) is 2. The van der Waals surface area contributed by atoms with Crippen LogP contribution in [0.4, 0.5) is 0 Å². The summed E-state index contributed by atoms with van der Waals surface area (Å²) < 4.78 is 4.90. The molecule has 0 radical (unpaired) electrons. The largest absolute Gasteiger partial charge is 0.463 e. The average molecular weight is 194 g/mol. The molecule has 0 fully saturated rings.